The molecule has 0 saturated heterocycles. The van der Waals surface area contributed by atoms with Crippen LogP contribution in [-0.4, -0.2) is 4.32 Å². The Bertz CT molecular complexity index is 565. The molecule has 1 aromatic rings. The summed E-state index contributed by atoms with van der Waals surface area (Å²) in [5.41, 5.74) is 0.677. The van der Waals surface area contributed by atoms with Gasteiger partial charge in [-0.15, -0.1) is 0 Å². The Hall–Kier alpha value is -0.840. The zero-order valence-electron chi connectivity index (χ0n) is 10.2. The molecule has 1 aromatic carbocycles. The van der Waals surface area contributed by atoms with Crippen LogP contribution in [0.5, 0.6) is 0 Å². The van der Waals surface area contributed by atoms with E-state index >= 15 is 0 Å². The maximum atomic E-state index is 14.0. The Morgan fingerprint density at radius 3 is 1.68 bits per heavy atom. The molecule has 19 heavy (non-hydrogen) atoms. The third-order valence-corrected chi connectivity index (χ3v) is 6.23. The average molecular weight is 335 g/mol. The van der Waals surface area contributed by atoms with Crippen LogP contribution < -0.4 is 0 Å². The van der Waals surface area contributed by atoms with Crippen molar-refractivity contribution >= 4 is 15.9 Å². The predicted molar refractivity (Wildman–Crippen MR) is 67.5 cm³/mol. The van der Waals surface area contributed by atoms with Crippen molar-refractivity contribution in [3.8, 4) is 0 Å². The highest BCUT2D eigenvalue weighted by Gasteiger charge is 2.59. The zero-order chi connectivity index (χ0) is 14.1. The van der Waals surface area contributed by atoms with E-state index in [4.69, 9.17) is 0 Å². The minimum Gasteiger partial charge on any atom is -0.203 e. The summed E-state index contributed by atoms with van der Waals surface area (Å²) in [6.45, 7) is 5.62. The van der Waals surface area contributed by atoms with E-state index in [-0.39, 0.29) is 11.1 Å². The molecule has 2 atom stereocenters. The highest BCUT2D eigenvalue weighted by molar-refractivity contribution is 9.10. The first kappa shape index (κ1) is 13.2. The van der Waals surface area contributed by atoms with Crippen LogP contribution in [0.15, 0.2) is 12.2 Å². The Kier molecular flexibility index (Phi) is 2.66. The Morgan fingerprint density at radius 1 is 1.00 bits per heavy atom. The quantitative estimate of drug-likeness (QED) is 0.224. The van der Waals surface area contributed by atoms with E-state index in [0.29, 0.717) is 12.8 Å². The molecule has 2 aliphatic carbocycles. The van der Waals surface area contributed by atoms with Crippen molar-refractivity contribution in [3.05, 3.63) is 46.5 Å². The molecule has 0 aromatic heterocycles. The van der Waals surface area contributed by atoms with Crippen LogP contribution >= 0.6 is 15.9 Å². The molecular weight excluding hydrogens is 324 g/mol. The van der Waals surface area contributed by atoms with E-state index in [0.717, 1.165) is 5.57 Å². The fourth-order valence-corrected chi connectivity index (χ4v) is 4.56. The molecule has 1 saturated carbocycles. The van der Waals surface area contributed by atoms with Crippen LogP contribution in [0.4, 0.5) is 17.6 Å². The molecule has 2 bridgehead atoms. The second kappa shape index (κ2) is 3.84. The smallest absolute Gasteiger partial charge is 0.197 e. The SMILES string of the molecule is C=C(C)C1(Br)[C@H]2CC[C@H]1c1c(F)c(F)c(F)c(F)c12. The summed E-state index contributed by atoms with van der Waals surface area (Å²) in [5, 5.41) is 0. The van der Waals surface area contributed by atoms with Crippen molar-refractivity contribution < 1.29 is 17.6 Å². The van der Waals surface area contributed by atoms with Gasteiger partial charge in [0.15, 0.2) is 23.3 Å². The lowest BCUT2D eigenvalue weighted by atomic mass is 9.88. The van der Waals surface area contributed by atoms with Gasteiger partial charge in [-0.2, -0.15) is 0 Å². The minimum absolute atomic E-state index is 0.0208. The van der Waals surface area contributed by atoms with E-state index < -0.39 is 39.4 Å². The number of rotatable bonds is 1. The van der Waals surface area contributed by atoms with Gasteiger partial charge in [-0.05, 0) is 19.8 Å². The van der Waals surface area contributed by atoms with Gasteiger partial charge >= 0.3 is 0 Å². The second-order valence-corrected chi connectivity index (χ2v) is 6.63. The first-order valence-corrected chi connectivity index (χ1v) is 6.81. The van der Waals surface area contributed by atoms with Gasteiger partial charge in [0, 0.05) is 23.0 Å². The summed E-state index contributed by atoms with van der Waals surface area (Å²) in [4.78, 5) is 0. The molecule has 0 amide bonds. The summed E-state index contributed by atoms with van der Waals surface area (Å²) in [5.74, 6) is -6.75. The Morgan fingerprint density at radius 2 is 1.37 bits per heavy atom. The van der Waals surface area contributed by atoms with E-state index in [1.165, 1.54) is 0 Å². The fraction of sp³-hybridized carbons (Fsp3) is 0.429. The highest BCUT2D eigenvalue weighted by Crippen LogP contribution is 2.67. The largest absolute Gasteiger partial charge is 0.203 e. The molecule has 5 heteroatoms. The maximum Gasteiger partial charge on any atom is 0.197 e. The van der Waals surface area contributed by atoms with Gasteiger partial charge in [-0.1, -0.05) is 28.1 Å². The topological polar surface area (TPSA) is 0 Å². The van der Waals surface area contributed by atoms with Crippen molar-refractivity contribution in [2.24, 2.45) is 0 Å². The lowest BCUT2D eigenvalue weighted by Crippen LogP contribution is -2.25. The number of alkyl halides is 1. The van der Waals surface area contributed by atoms with Crippen LogP contribution in [0.25, 0.3) is 0 Å². The third kappa shape index (κ3) is 1.34. The first-order chi connectivity index (χ1) is 8.81. The molecule has 0 spiro atoms. The predicted octanol–water partition coefficient (Wildman–Crippen LogP) is 4.93. The van der Waals surface area contributed by atoms with E-state index in [9.17, 15) is 17.6 Å². The standard InChI is InChI=1S/C14H11BrF4/c1-5(2)14(15)6-3-4-7(14)9-8(6)10(16)12(18)13(19)11(9)17/h6-7H,1,3-4H2,2H3/t6-,7-/m0/s1. The molecule has 0 unspecified atom stereocenters. The van der Waals surface area contributed by atoms with Crippen molar-refractivity contribution in [2.75, 3.05) is 0 Å². The van der Waals surface area contributed by atoms with Crippen LogP contribution in [0.2, 0.25) is 0 Å². The molecule has 0 N–H and O–H groups in total. The van der Waals surface area contributed by atoms with Gasteiger partial charge in [-0.25, -0.2) is 17.6 Å². The molecule has 0 heterocycles. The number of benzene rings is 1. The lowest BCUT2D eigenvalue weighted by molar-refractivity contribution is 0.394. The number of fused-ring (bicyclic) bond motifs is 5. The number of hydrogen-bond donors (Lipinski definition) is 0. The van der Waals surface area contributed by atoms with E-state index in [1.54, 1.807) is 6.92 Å². The third-order valence-electron chi connectivity index (χ3n) is 4.45. The van der Waals surface area contributed by atoms with Gasteiger partial charge in [0.2, 0.25) is 0 Å². The molecule has 2 aliphatic rings. The minimum atomic E-state index is -1.72. The molecule has 0 nitrogen and oxygen atoms in total. The molecular formula is C14H11BrF4. The summed E-state index contributed by atoms with van der Waals surface area (Å²) >= 11 is 3.52. The molecule has 102 valence electrons. The van der Waals surface area contributed by atoms with Crippen molar-refractivity contribution in [1.82, 2.24) is 0 Å². The van der Waals surface area contributed by atoms with Gasteiger partial charge in [0.1, 0.15) is 0 Å². The fourth-order valence-electron chi connectivity index (χ4n) is 3.65. The van der Waals surface area contributed by atoms with Gasteiger partial charge in [0.25, 0.3) is 0 Å². The van der Waals surface area contributed by atoms with Crippen LogP contribution in [0.1, 0.15) is 42.7 Å². The normalized spacial score (nSPS) is 31.7. The van der Waals surface area contributed by atoms with Crippen LogP contribution in [0.3, 0.4) is 0 Å². The first-order valence-electron chi connectivity index (χ1n) is 6.02. The summed E-state index contributed by atoms with van der Waals surface area (Å²) in [6, 6.07) is 0. The van der Waals surface area contributed by atoms with Gasteiger partial charge in [-0.3, -0.25) is 0 Å². The number of hydrogen-bond acceptors (Lipinski definition) is 0. The zero-order valence-corrected chi connectivity index (χ0v) is 11.8. The van der Waals surface area contributed by atoms with Crippen molar-refractivity contribution in [2.45, 2.75) is 35.9 Å². The second-order valence-electron chi connectivity index (χ2n) is 5.31. The van der Waals surface area contributed by atoms with Gasteiger partial charge < -0.3 is 0 Å². The number of allylic oxidation sites excluding steroid dienone is 1. The monoisotopic (exact) mass is 334 g/mol. The average Bonchev–Trinajstić information content (AvgIpc) is 2.84. The summed E-state index contributed by atoms with van der Waals surface area (Å²) in [6.07, 6.45) is 1.22. The maximum absolute atomic E-state index is 14.0. The van der Waals surface area contributed by atoms with Crippen LogP contribution in [0, 0.1) is 23.3 Å². The Labute approximate surface area is 116 Å². The lowest BCUT2D eigenvalue weighted by Gasteiger charge is -2.28. The molecule has 3 rings (SSSR count). The summed E-state index contributed by atoms with van der Waals surface area (Å²) in [7, 11) is 0. The van der Waals surface area contributed by atoms with Crippen LogP contribution in [-0.2, 0) is 0 Å². The molecule has 0 radical (unpaired) electrons. The molecule has 1 fully saturated rings. The van der Waals surface area contributed by atoms with Crippen molar-refractivity contribution in [3.63, 3.8) is 0 Å². The van der Waals surface area contributed by atoms with Gasteiger partial charge in [0.05, 0.1) is 4.32 Å². The number of halogens is 5. The van der Waals surface area contributed by atoms with Crippen molar-refractivity contribution in [1.29, 1.82) is 0 Å². The summed E-state index contributed by atoms with van der Waals surface area (Å²) < 4.78 is 54.0. The molecule has 0 aliphatic heterocycles. The van der Waals surface area contributed by atoms with E-state index in [1.807, 2.05) is 0 Å². The van der Waals surface area contributed by atoms with E-state index in [2.05, 4.69) is 22.5 Å². The Balaban J connectivity index is 2.35. The highest BCUT2D eigenvalue weighted by atomic mass is 79.9.